The molecular formula is C21H40N4O4. The summed E-state index contributed by atoms with van der Waals surface area (Å²) < 4.78 is 0. The van der Waals surface area contributed by atoms with Crippen LogP contribution >= 0.6 is 0 Å². The van der Waals surface area contributed by atoms with Crippen molar-refractivity contribution in [3.8, 4) is 0 Å². The van der Waals surface area contributed by atoms with Crippen molar-refractivity contribution < 1.29 is 19.2 Å². The molecule has 3 amide bonds. The molecule has 4 atom stereocenters. The van der Waals surface area contributed by atoms with Crippen molar-refractivity contribution >= 4 is 24.0 Å². The average molecular weight is 413 g/mol. The zero-order valence-electron chi connectivity index (χ0n) is 19.0. The first-order valence-corrected chi connectivity index (χ1v) is 10.5. The minimum Gasteiger partial charge on any atom is -0.345 e. The third kappa shape index (κ3) is 11.6. The first-order valence-electron chi connectivity index (χ1n) is 10.5. The lowest BCUT2D eigenvalue weighted by atomic mass is 9.99. The van der Waals surface area contributed by atoms with E-state index in [0.717, 1.165) is 6.29 Å². The lowest BCUT2D eigenvalue weighted by molar-refractivity contribution is -0.133. The van der Waals surface area contributed by atoms with Gasteiger partial charge in [0.25, 0.3) is 0 Å². The Balaban J connectivity index is 5.32. The summed E-state index contributed by atoms with van der Waals surface area (Å²) in [7, 11) is 0. The lowest BCUT2D eigenvalue weighted by Crippen LogP contribution is -2.57. The quantitative estimate of drug-likeness (QED) is 0.337. The SMILES string of the molecule is CC(C)C[C@@H](C=O)NC(=O)[C@H](CC(C)C)NC(=O)[C@H](CC(C)C)NC(=O)[C@H](C)N. The molecule has 0 aromatic carbocycles. The minimum atomic E-state index is -0.793. The van der Waals surface area contributed by atoms with Crippen LogP contribution in [-0.2, 0) is 19.2 Å². The van der Waals surface area contributed by atoms with Crippen molar-refractivity contribution in [1.29, 1.82) is 0 Å². The Hall–Kier alpha value is -1.96. The molecule has 8 nitrogen and oxygen atoms in total. The number of rotatable bonds is 13. The van der Waals surface area contributed by atoms with Crippen molar-refractivity contribution in [3.05, 3.63) is 0 Å². The largest absolute Gasteiger partial charge is 0.345 e. The fraction of sp³-hybridized carbons (Fsp3) is 0.810. The molecular weight excluding hydrogens is 372 g/mol. The number of nitrogens with two attached hydrogens (primary N) is 1. The summed E-state index contributed by atoms with van der Waals surface area (Å²) in [5, 5.41) is 8.14. The number of aldehydes is 1. The van der Waals surface area contributed by atoms with Gasteiger partial charge in [-0.15, -0.1) is 0 Å². The van der Waals surface area contributed by atoms with Crippen molar-refractivity contribution in [2.45, 2.75) is 91.9 Å². The number of hydrogen-bond acceptors (Lipinski definition) is 5. The highest BCUT2D eigenvalue weighted by atomic mass is 16.2. The standard InChI is InChI=1S/C21H40N4O4/c1-12(2)8-16(11-26)23-20(28)17(9-13(3)4)25-21(29)18(10-14(5)6)24-19(27)15(7)22/h11-18H,8-10,22H2,1-7H3,(H,23,28)(H,24,27)(H,25,29)/t15-,16-,17-,18-/m0/s1. The van der Waals surface area contributed by atoms with Crippen molar-refractivity contribution in [3.63, 3.8) is 0 Å². The van der Waals surface area contributed by atoms with E-state index in [1.54, 1.807) is 6.92 Å². The van der Waals surface area contributed by atoms with Crippen molar-refractivity contribution in [1.82, 2.24) is 16.0 Å². The van der Waals surface area contributed by atoms with E-state index in [1.165, 1.54) is 0 Å². The zero-order valence-corrected chi connectivity index (χ0v) is 19.0. The number of amides is 3. The summed E-state index contributed by atoms with van der Waals surface area (Å²) in [5.74, 6) is -0.706. The third-order valence-electron chi connectivity index (χ3n) is 4.31. The van der Waals surface area contributed by atoms with Crippen LogP contribution in [0.15, 0.2) is 0 Å². The number of nitrogens with one attached hydrogen (secondary N) is 3. The summed E-state index contributed by atoms with van der Waals surface area (Å²) >= 11 is 0. The molecule has 5 N–H and O–H groups in total. The second kappa shape index (κ2) is 13.3. The number of hydrogen-bond donors (Lipinski definition) is 4. The van der Waals surface area contributed by atoms with Crippen molar-refractivity contribution in [2.75, 3.05) is 0 Å². The smallest absolute Gasteiger partial charge is 0.243 e. The van der Waals surface area contributed by atoms with Crippen LogP contribution in [0.1, 0.15) is 67.7 Å². The Morgan fingerprint density at radius 1 is 0.690 bits per heavy atom. The highest BCUT2D eigenvalue weighted by Crippen LogP contribution is 2.10. The van der Waals surface area contributed by atoms with Gasteiger partial charge in [0.2, 0.25) is 17.7 Å². The maximum Gasteiger partial charge on any atom is 0.243 e. The first kappa shape index (κ1) is 27.0. The molecule has 0 unspecified atom stereocenters. The van der Waals surface area contributed by atoms with Gasteiger partial charge in [0.15, 0.2) is 0 Å². The van der Waals surface area contributed by atoms with Gasteiger partial charge in [-0.3, -0.25) is 14.4 Å². The number of carbonyl (C=O) groups is 4. The summed E-state index contributed by atoms with van der Waals surface area (Å²) in [6.45, 7) is 13.3. The molecule has 0 aliphatic carbocycles. The normalized spacial score (nSPS) is 15.6. The Morgan fingerprint density at radius 3 is 1.41 bits per heavy atom. The highest BCUT2D eigenvalue weighted by Gasteiger charge is 2.29. The monoisotopic (exact) mass is 412 g/mol. The zero-order chi connectivity index (χ0) is 22.7. The first-order chi connectivity index (χ1) is 13.4. The van der Waals surface area contributed by atoms with Crippen LogP contribution in [0.3, 0.4) is 0 Å². The van der Waals surface area contributed by atoms with Gasteiger partial charge < -0.3 is 26.5 Å². The maximum atomic E-state index is 12.9. The molecule has 0 aliphatic rings. The maximum absolute atomic E-state index is 12.9. The fourth-order valence-corrected chi connectivity index (χ4v) is 2.92. The van der Waals surface area contributed by atoms with Crippen LogP contribution in [0.5, 0.6) is 0 Å². The third-order valence-corrected chi connectivity index (χ3v) is 4.31. The molecule has 0 bridgehead atoms. The Morgan fingerprint density at radius 2 is 1.07 bits per heavy atom. The van der Waals surface area contributed by atoms with Gasteiger partial charge in [-0.25, -0.2) is 0 Å². The second-order valence-corrected chi connectivity index (χ2v) is 9.05. The van der Waals surface area contributed by atoms with E-state index in [1.807, 2.05) is 41.5 Å². The van der Waals surface area contributed by atoms with Crippen LogP contribution in [-0.4, -0.2) is 48.2 Å². The van der Waals surface area contributed by atoms with Gasteiger partial charge in [-0.2, -0.15) is 0 Å². The second-order valence-electron chi connectivity index (χ2n) is 9.05. The van der Waals surface area contributed by atoms with E-state index in [9.17, 15) is 19.2 Å². The molecule has 8 heteroatoms. The van der Waals surface area contributed by atoms with Gasteiger partial charge in [0.1, 0.15) is 18.4 Å². The Bertz CT molecular complexity index is 547. The van der Waals surface area contributed by atoms with E-state index in [4.69, 9.17) is 5.73 Å². The van der Waals surface area contributed by atoms with E-state index < -0.39 is 41.9 Å². The summed E-state index contributed by atoms with van der Waals surface area (Å²) in [5.41, 5.74) is 5.60. The van der Waals surface area contributed by atoms with Crippen LogP contribution in [0.25, 0.3) is 0 Å². The molecule has 0 spiro atoms. The van der Waals surface area contributed by atoms with Gasteiger partial charge >= 0.3 is 0 Å². The van der Waals surface area contributed by atoms with E-state index >= 15 is 0 Å². The van der Waals surface area contributed by atoms with Crippen molar-refractivity contribution in [2.24, 2.45) is 23.5 Å². The predicted molar refractivity (Wildman–Crippen MR) is 114 cm³/mol. The summed E-state index contributed by atoms with van der Waals surface area (Å²) in [6.07, 6.45) is 2.08. The minimum absolute atomic E-state index is 0.146. The molecule has 0 rings (SSSR count). The topological polar surface area (TPSA) is 130 Å². The molecule has 0 heterocycles. The van der Waals surface area contributed by atoms with Crippen LogP contribution in [0.2, 0.25) is 0 Å². The van der Waals surface area contributed by atoms with Crippen LogP contribution in [0.4, 0.5) is 0 Å². The molecule has 168 valence electrons. The van der Waals surface area contributed by atoms with Gasteiger partial charge in [0, 0.05) is 0 Å². The molecule has 0 aliphatic heterocycles. The van der Waals surface area contributed by atoms with Crippen LogP contribution in [0, 0.1) is 17.8 Å². The Labute approximate surface area is 175 Å². The van der Waals surface area contributed by atoms with Gasteiger partial charge in [-0.1, -0.05) is 41.5 Å². The Kier molecular flexibility index (Phi) is 12.4. The molecule has 0 aromatic heterocycles. The average Bonchev–Trinajstić information content (AvgIpc) is 2.58. The van der Waals surface area contributed by atoms with Gasteiger partial charge in [0.05, 0.1) is 12.1 Å². The lowest BCUT2D eigenvalue weighted by Gasteiger charge is -2.26. The van der Waals surface area contributed by atoms with Gasteiger partial charge in [-0.05, 0) is 43.9 Å². The molecule has 0 radical (unpaired) electrons. The summed E-state index contributed by atoms with van der Waals surface area (Å²) in [4.78, 5) is 48.9. The van der Waals surface area contributed by atoms with E-state index in [2.05, 4.69) is 16.0 Å². The highest BCUT2D eigenvalue weighted by molar-refractivity contribution is 5.93. The van der Waals surface area contributed by atoms with E-state index in [0.29, 0.717) is 19.3 Å². The van der Waals surface area contributed by atoms with E-state index in [-0.39, 0.29) is 17.8 Å². The molecule has 0 saturated heterocycles. The number of carbonyl (C=O) groups excluding carboxylic acids is 4. The van der Waals surface area contributed by atoms with Crippen LogP contribution < -0.4 is 21.7 Å². The molecule has 29 heavy (non-hydrogen) atoms. The molecule has 0 fully saturated rings. The fourth-order valence-electron chi connectivity index (χ4n) is 2.92. The predicted octanol–water partition coefficient (Wildman–Crippen LogP) is 1.13. The summed E-state index contributed by atoms with van der Waals surface area (Å²) in [6, 6.07) is -2.91. The molecule has 0 aromatic rings. The molecule has 0 saturated carbocycles.